The molecule has 26 heavy (non-hydrogen) atoms. The van der Waals surface area contributed by atoms with Crippen LogP contribution in [-0.4, -0.2) is 37.8 Å². The number of hydrogen-bond acceptors (Lipinski definition) is 3. The zero-order valence-corrected chi connectivity index (χ0v) is 16.8. The fraction of sp³-hybridized carbons (Fsp3) is 0.650. The summed E-state index contributed by atoms with van der Waals surface area (Å²) >= 11 is 0. The number of carbonyl (C=O) groups excluding carboxylic acids is 1. The normalized spacial score (nSPS) is 19.8. The topological polar surface area (TPSA) is 66.5 Å². The van der Waals surface area contributed by atoms with Gasteiger partial charge in [-0.15, -0.1) is 0 Å². The van der Waals surface area contributed by atoms with Gasteiger partial charge in [-0.05, 0) is 38.3 Å². The van der Waals surface area contributed by atoms with Gasteiger partial charge in [-0.25, -0.2) is 8.42 Å². The predicted octanol–water partition coefficient (Wildman–Crippen LogP) is 3.56. The third kappa shape index (κ3) is 5.81. The smallest absolute Gasteiger partial charge is 0.243 e. The minimum Gasteiger partial charge on any atom is -0.353 e. The lowest BCUT2D eigenvalue weighted by Crippen LogP contribution is -2.47. The van der Waals surface area contributed by atoms with E-state index in [9.17, 15) is 13.2 Å². The Hall–Kier alpha value is -1.40. The fourth-order valence-electron chi connectivity index (χ4n) is 3.43. The molecule has 0 aromatic heterocycles. The molecule has 1 saturated heterocycles. The van der Waals surface area contributed by atoms with Crippen molar-refractivity contribution < 1.29 is 13.2 Å². The zero-order chi connectivity index (χ0) is 19.0. The van der Waals surface area contributed by atoms with Crippen molar-refractivity contribution in [2.45, 2.75) is 69.7 Å². The summed E-state index contributed by atoms with van der Waals surface area (Å²) in [6, 6.07) is 8.60. The van der Waals surface area contributed by atoms with Gasteiger partial charge >= 0.3 is 0 Å². The highest BCUT2D eigenvalue weighted by atomic mass is 32.2. The Morgan fingerprint density at radius 3 is 2.65 bits per heavy atom. The molecule has 1 aliphatic heterocycles. The largest absolute Gasteiger partial charge is 0.353 e. The number of sulfonamides is 1. The third-order valence-corrected chi connectivity index (χ3v) is 6.89. The van der Waals surface area contributed by atoms with Crippen LogP contribution in [-0.2, 0) is 14.8 Å². The summed E-state index contributed by atoms with van der Waals surface area (Å²) in [5, 5.41) is 3.08. The van der Waals surface area contributed by atoms with E-state index >= 15 is 0 Å². The van der Waals surface area contributed by atoms with Crippen LogP contribution < -0.4 is 5.32 Å². The second kappa shape index (κ2) is 10.1. The summed E-state index contributed by atoms with van der Waals surface area (Å²) in [6.45, 7) is 4.97. The lowest BCUT2D eigenvalue weighted by atomic mass is 9.98. The van der Waals surface area contributed by atoms with Gasteiger partial charge in [0.05, 0.1) is 10.8 Å². The average molecular weight is 381 g/mol. The molecule has 1 aromatic rings. The van der Waals surface area contributed by atoms with Crippen molar-refractivity contribution in [3.63, 3.8) is 0 Å². The number of nitrogens with zero attached hydrogens (tertiary/aromatic N) is 1. The number of unbranched alkanes of at least 4 members (excludes halogenated alkanes) is 3. The van der Waals surface area contributed by atoms with E-state index in [0.717, 1.165) is 25.7 Å². The van der Waals surface area contributed by atoms with Gasteiger partial charge in [-0.1, -0.05) is 50.8 Å². The van der Waals surface area contributed by atoms with E-state index in [-0.39, 0.29) is 24.4 Å². The van der Waals surface area contributed by atoms with Crippen molar-refractivity contribution in [2.75, 3.05) is 13.1 Å². The molecule has 1 aromatic carbocycles. The Balaban J connectivity index is 1.90. The first-order valence-corrected chi connectivity index (χ1v) is 11.2. The first-order chi connectivity index (χ1) is 12.4. The highest BCUT2D eigenvalue weighted by molar-refractivity contribution is 7.89. The zero-order valence-electron chi connectivity index (χ0n) is 16.0. The number of rotatable bonds is 9. The van der Waals surface area contributed by atoms with Gasteiger partial charge < -0.3 is 5.32 Å². The second-order valence-electron chi connectivity index (χ2n) is 7.27. The summed E-state index contributed by atoms with van der Waals surface area (Å²) in [5.41, 5.74) is 0. The van der Waals surface area contributed by atoms with Gasteiger partial charge in [0.25, 0.3) is 0 Å². The van der Waals surface area contributed by atoms with Crippen molar-refractivity contribution in [1.29, 1.82) is 0 Å². The molecule has 0 radical (unpaired) electrons. The minimum atomic E-state index is -3.52. The van der Waals surface area contributed by atoms with Crippen molar-refractivity contribution in [3.8, 4) is 0 Å². The molecular weight excluding hydrogens is 348 g/mol. The molecule has 6 heteroatoms. The van der Waals surface area contributed by atoms with Gasteiger partial charge in [0.1, 0.15) is 0 Å². The number of hydrogen-bond donors (Lipinski definition) is 1. The minimum absolute atomic E-state index is 0.0130. The molecule has 146 valence electrons. The van der Waals surface area contributed by atoms with E-state index < -0.39 is 10.0 Å². The molecule has 1 aliphatic rings. The first kappa shape index (κ1) is 20.9. The van der Waals surface area contributed by atoms with E-state index in [0.29, 0.717) is 11.4 Å². The SMILES string of the molecule is CCCCCCC(C)NC(=O)C1CCCN(S(=O)(=O)c2ccccc2)C1. The number of carbonyl (C=O) groups is 1. The van der Waals surface area contributed by atoms with Gasteiger partial charge in [-0.3, -0.25) is 4.79 Å². The maximum absolute atomic E-state index is 12.8. The summed E-state index contributed by atoms with van der Waals surface area (Å²) in [6.07, 6.45) is 7.19. The van der Waals surface area contributed by atoms with Crippen LogP contribution in [0, 0.1) is 5.92 Å². The van der Waals surface area contributed by atoms with Gasteiger partial charge in [-0.2, -0.15) is 4.31 Å². The Bertz CT molecular complexity index is 661. The van der Waals surface area contributed by atoms with Crippen molar-refractivity contribution in [1.82, 2.24) is 9.62 Å². The Labute approximate surface area is 158 Å². The van der Waals surface area contributed by atoms with E-state index in [1.54, 1.807) is 30.3 Å². The summed E-state index contributed by atoms with van der Waals surface area (Å²) in [5.74, 6) is -0.277. The lowest BCUT2D eigenvalue weighted by Gasteiger charge is -2.31. The molecule has 1 heterocycles. The van der Waals surface area contributed by atoms with Crippen LogP contribution >= 0.6 is 0 Å². The number of piperidine rings is 1. The molecule has 2 unspecified atom stereocenters. The van der Waals surface area contributed by atoms with Crippen LogP contribution in [0.1, 0.15) is 58.8 Å². The van der Waals surface area contributed by atoms with E-state index in [2.05, 4.69) is 12.2 Å². The van der Waals surface area contributed by atoms with Gasteiger partial charge in [0.2, 0.25) is 15.9 Å². The average Bonchev–Trinajstić information content (AvgIpc) is 2.66. The van der Waals surface area contributed by atoms with Crippen molar-refractivity contribution in [3.05, 3.63) is 30.3 Å². The lowest BCUT2D eigenvalue weighted by molar-refractivity contribution is -0.126. The van der Waals surface area contributed by atoms with Crippen LogP contribution in [0.5, 0.6) is 0 Å². The number of nitrogens with one attached hydrogen (secondary N) is 1. The molecule has 0 aliphatic carbocycles. The molecule has 0 bridgehead atoms. The molecule has 1 amide bonds. The monoisotopic (exact) mass is 380 g/mol. The first-order valence-electron chi connectivity index (χ1n) is 9.80. The quantitative estimate of drug-likeness (QED) is 0.666. The summed E-state index contributed by atoms with van der Waals surface area (Å²) in [7, 11) is -3.52. The van der Waals surface area contributed by atoms with E-state index in [1.807, 2.05) is 6.92 Å². The van der Waals surface area contributed by atoms with Crippen molar-refractivity contribution in [2.24, 2.45) is 5.92 Å². The Morgan fingerprint density at radius 1 is 1.23 bits per heavy atom. The summed E-state index contributed by atoms with van der Waals surface area (Å²) in [4.78, 5) is 12.9. The maximum atomic E-state index is 12.8. The Kier molecular flexibility index (Phi) is 8.10. The van der Waals surface area contributed by atoms with Crippen LogP contribution in [0.25, 0.3) is 0 Å². The molecule has 0 spiro atoms. The van der Waals surface area contributed by atoms with Gasteiger partial charge in [0, 0.05) is 19.1 Å². The van der Waals surface area contributed by atoms with Crippen LogP contribution in [0.15, 0.2) is 35.2 Å². The molecule has 5 nitrogen and oxygen atoms in total. The molecule has 1 fully saturated rings. The molecule has 0 saturated carbocycles. The van der Waals surface area contributed by atoms with Gasteiger partial charge in [0.15, 0.2) is 0 Å². The molecule has 2 rings (SSSR count). The predicted molar refractivity (Wildman–Crippen MR) is 104 cm³/mol. The number of amides is 1. The highest BCUT2D eigenvalue weighted by Gasteiger charge is 2.33. The molecule has 2 atom stereocenters. The van der Waals surface area contributed by atoms with Crippen LogP contribution in [0.3, 0.4) is 0 Å². The van der Waals surface area contributed by atoms with Crippen LogP contribution in [0.4, 0.5) is 0 Å². The Morgan fingerprint density at radius 2 is 1.96 bits per heavy atom. The second-order valence-corrected chi connectivity index (χ2v) is 9.21. The van der Waals surface area contributed by atoms with E-state index in [1.165, 1.54) is 23.6 Å². The van der Waals surface area contributed by atoms with Crippen molar-refractivity contribution >= 4 is 15.9 Å². The molecule has 1 N–H and O–H groups in total. The van der Waals surface area contributed by atoms with E-state index in [4.69, 9.17) is 0 Å². The fourth-order valence-corrected chi connectivity index (χ4v) is 4.97. The molecular formula is C20H32N2O3S. The number of benzene rings is 1. The highest BCUT2D eigenvalue weighted by Crippen LogP contribution is 2.24. The maximum Gasteiger partial charge on any atom is 0.243 e. The van der Waals surface area contributed by atoms with Crippen LogP contribution in [0.2, 0.25) is 0 Å². The summed E-state index contributed by atoms with van der Waals surface area (Å²) < 4.78 is 27.0. The third-order valence-electron chi connectivity index (χ3n) is 5.02. The standard InChI is InChI=1S/C20H32N2O3S/c1-3-4-5-7-11-17(2)21-20(23)18-12-10-15-22(16-18)26(24,25)19-13-8-6-9-14-19/h6,8-9,13-14,17-18H,3-5,7,10-12,15-16H2,1-2H3,(H,21,23).